The highest BCUT2D eigenvalue weighted by Gasteiger charge is 1.90. The standard InChI is InChI=1S/C6H10N2O4/c7-6(11)12-4-3-8-2-1-5(9)10/h1-2,8H,3-4H2,(H2,7,11)(H,9,10)/b2-1+. The molecule has 68 valence electrons. The van der Waals surface area contributed by atoms with Gasteiger partial charge in [-0.2, -0.15) is 0 Å². The molecular formula is C6H10N2O4. The van der Waals surface area contributed by atoms with Crippen LogP contribution in [0.25, 0.3) is 0 Å². The fourth-order valence-corrected chi connectivity index (χ4v) is 0.424. The molecule has 4 N–H and O–H groups in total. The van der Waals surface area contributed by atoms with Gasteiger partial charge < -0.3 is 20.9 Å². The number of carboxylic acids is 1. The van der Waals surface area contributed by atoms with Crippen LogP contribution in [-0.4, -0.2) is 30.3 Å². The van der Waals surface area contributed by atoms with Crippen molar-refractivity contribution < 1.29 is 19.4 Å². The molecule has 0 aliphatic rings. The molecular weight excluding hydrogens is 164 g/mol. The third kappa shape index (κ3) is 8.28. The molecule has 6 nitrogen and oxygen atoms in total. The highest BCUT2D eigenvalue weighted by atomic mass is 16.5. The SMILES string of the molecule is NC(=O)OCCN/C=C/C(=O)O. The lowest BCUT2D eigenvalue weighted by atomic mass is 10.6. The first-order valence-corrected chi connectivity index (χ1v) is 3.18. The molecule has 0 aliphatic heterocycles. The summed E-state index contributed by atoms with van der Waals surface area (Å²) in [7, 11) is 0. The number of primary amides is 1. The highest BCUT2D eigenvalue weighted by Crippen LogP contribution is 1.72. The van der Waals surface area contributed by atoms with Crippen LogP contribution >= 0.6 is 0 Å². The molecule has 0 heterocycles. The van der Waals surface area contributed by atoms with E-state index in [-0.39, 0.29) is 6.61 Å². The van der Waals surface area contributed by atoms with Gasteiger partial charge in [0.25, 0.3) is 0 Å². The van der Waals surface area contributed by atoms with E-state index in [4.69, 9.17) is 5.11 Å². The predicted molar refractivity (Wildman–Crippen MR) is 40.3 cm³/mol. The first kappa shape index (κ1) is 10.3. The Bertz CT molecular complexity index is 190. The van der Waals surface area contributed by atoms with Crippen LogP contribution in [0.3, 0.4) is 0 Å². The fraction of sp³-hybridized carbons (Fsp3) is 0.333. The van der Waals surface area contributed by atoms with Gasteiger partial charge in [-0.1, -0.05) is 0 Å². The highest BCUT2D eigenvalue weighted by molar-refractivity contribution is 5.79. The van der Waals surface area contributed by atoms with Crippen molar-refractivity contribution in [3.8, 4) is 0 Å². The van der Waals surface area contributed by atoms with Crippen molar-refractivity contribution in [2.24, 2.45) is 5.73 Å². The molecule has 1 amide bonds. The number of ether oxygens (including phenoxy) is 1. The average molecular weight is 174 g/mol. The molecule has 0 saturated carbocycles. The summed E-state index contributed by atoms with van der Waals surface area (Å²) in [4.78, 5) is 19.9. The van der Waals surface area contributed by atoms with Gasteiger partial charge in [-0.3, -0.25) is 0 Å². The van der Waals surface area contributed by atoms with Gasteiger partial charge in [0.2, 0.25) is 0 Å². The van der Waals surface area contributed by atoms with Crippen LogP contribution < -0.4 is 11.1 Å². The quantitative estimate of drug-likeness (QED) is 0.376. The van der Waals surface area contributed by atoms with Crippen LogP contribution in [0.1, 0.15) is 0 Å². The van der Waals surface area contributed by atoms with Crippen LogP contribution in [0.5, 0.6) is 0 Å². The number of amides is 1. The predicted octanol–water partition coefficient (Wildman–Crippen LogP) is -0.730. The zero-order valence-electron chi connectivity index (χ0n) is 6.32. The summed E-state index contributed by atoms with van der Waals surface area (Å²) in [6.45, 7) is 0.437. The van der Waals surface area contributed by atoms with E-state index in [0.717, 1.165) is 6.08 Å². The molecule has 0 atom stereocenters. The zero-order valence-corrected chi connectivity index (χ0v) is 6.32. The van der Waals surface area contributed by atoms with E-state index in [1.165, 1.54) is 6.20 Å². The van der Waals surface area contributed by atoms with Gasteiger partial charge in [-0.05, 0) is 0 Å². The molecule has 6 heteroatoms. The minimum absolute atomic E-state index is 0.110. The third-order valence-electron chi connectivity index (χ3n) is 0.834. The topological polar surface area (TPSA) is 102 Å². The van der Waals surface area contributed by atoms with Crippen molar-refractivity contribution in [2.45, 2.75) is 0 Å². The number of hydrogen-bond donors (Lipinski definition) is 3. The van der Waals surface area contributed by atoms with Crippen LogP contribution in [0.2, 0.25) is 0 Å². The van der Waals surface area contributed by atoms with Crippen LogP contribution in [0.4, 0.5) is 4.79 Å². The summed E-state index contributed by atoms with van der Waals surface area (Å²) >= 11 is 0. The second-order valence-corrected chi connectivity index (χ2v) is 1.79. The summed E-state index contributed by atoms with van der Waals surface area (Å²) in [6, 6.07) is 0. The van der Waals surface area contributed by atoms with E-state index in [2.05, 4.69) is 15.8 Å². The largest absolute Gasteiger partial charge is 0.478 e. The summed E-state index contributed by atoms with van der Waals surface area (Å²) < 4.78 is 4.34. The Balaban J connectivity index is 3.21. The van der Waals surface area contributed by atoms with Crippen LogP contribution in [0.15, 0.2) is 12.3 Å². The second kappa shape index (κ2) is 6.02. The summed E-state index contributed by atoms with van der Waals surface area (Å²) in [5.74, 6) is -1.04. The van der Waals surface area contributed by atoms with Gasteiger partial charge in [0.05, 0.1) is 0 Å². The molecule has 0 radical (unpaired) electrons. The van der Waals surface area contributed by atoms with Crippen molar-refractivity contribution in [3.05, 3.63) is 12.3 Å². The Morgan fingerprint density at radius 1 is 1.58 bits per heavy atom. The number of hydrogen-bond acceptors (Lipinski definition) is 4. The number of rotatable bonds is 5. The van der Waals surface area contributed by atoms with Gasteiger partial charge in [-0.25, -0.2) is 9.59 Å². The van der Waals surface area contributed by atoms with Gasteiger partial charge in [0.1, 0.15) is 6.61 Å². The Morgan fingerprint density at radius 3 is 2.75 bits per heavy atom. The molecule has 0 fully saturated rings. The maximum atomic E-state index is 10.0. The first-order valence-electron chi connectivity index (χ1n) is 3.18. The first-order chi connectivity index (χ1) is 5.63. The van der Waals surface area contributed by atoms with E-state index in [1.807, 2.05) is 0 Å². The molecule has 0 spiro atoms. The summed E-state index contributed by atoms with van der Waals surface area (Å²) in [5.41, 5.74) is 4.65. The zero-order chi connectivity index (χ0) is 9.40. The molecule has 0 aromatic carbocycles. The fourth-order valence-electron chi connectivity index (χ4n) is 0.424. The smallest absolute Gasteiger partial charge is 0.404 e. The van der Waals surface area contributed by atoms with Crippen molar-refractivity contribution >= 4 is 12.1 Å². The van der Waals surface area contributed by atoms with E-state index in [9.17, 15) is 9.59 Å². The molecule has 0 aromatic rings. The molecule has 0 rings (SSSR count). The lowest BCUT2D eigenvalue weighted by molar-refractivity contribution is -0.131. The number of nitrogens with one attached hydrogen (secondary N) is 1. The van der Waals surface area contributed by atoms with E-state index in [0.29, 0.717) is 6.54 Å². The average Bonchev–Trinajstić information content (AvgIpc) is 1.95. The van der Waals surface area contributed by atoms with Crippen molar-refractivity contribution in [3.63, 3.8) is 0 Å². The van der Waals surface area contributed by atoms with Crippen LogP contribution in [-0.2, 0) is 9.53 Å². The Morgan fingerprint density at radius 2 is 2.25 bits per heavy atom. The second-order valence-electron chi connectivity index (χ2n) is 1.79. The molecule has 0 unspecified atom stereocenters. The lowest BCUT2D eigenvalue weighted by Crippen LogP contribution is -2.20. The molecule has 12 heavy (non-hydrogen) atoms. The summed E-state index contributed by atoms with van der Waals surface area (Å²) in [6.07, 6.45) is 1.33. The van der Waals surface area contributed by atoms with E-state index >= 15 is 0 Å². The monoisotopic (exact) mass is 174 g/mol. The number of carbonyl (C=O) groups excluding carboxylic acids is 1. The Kier molecular flexibility index (Phi) is 5.16. The van der Waals surface area contributed by atoms with Crippen molar-refractivity contribution in [1.82, 2.24) is 5.32 Å². The maximum absolute atomic E-state index is 10.0. The van der Waals surface area contributed by atoms with E-state index in [1.54, 1.807) is 0 Å². The van der Waals surface area contributed by atoms with Gasteiger partial charge in [0, 0.05) is 18.8 Å². The third-order valence-corrected chi connectivity index (χ3v) is 0.834. The molecule has 0 aromatic heterocycles. The number of aliphatic carboxylic acids is 1. The number of carbonyl (C=O) groups is 2. The number of carboxylic acid groups (broad SMARTS) is 1. The molecule has 0 bridgehead atoms. The van der Waals surface area contributed by atoms with Crippen molar-refractivity contribution in [1.29, 1.82) is 0 Å². The minimum Gasteiger partial charge on any atom is -0.478 e. The number of nitrogens with two attached hydrogens (primary N) is 1. The van der Waals surface area contributed by atoms with Crippen molar-refractivity contribution in [2.75, 3.05) is 13.2 Å². The Hall–Kier alpha value is -1.72. The van der Waals surface area contributed by atoms with Gasteiger partial charge in [0.15, 0.2) is 0 Å². The summed E-state index contributed by atoms with van der Waals surface area (Å²) in [5, 5.41) is 10.7. The molecule has 0 saturated heterocycles. The Labute approximate surface area is 69.0 Å². The normalized spacial score (nSPS) is 9.67. The maximum Gasteiger partial charge on any atom is 0.404 e. The van der Waals surface area contributed by atoms with Gasteiger partial charge in [-0.15, -0.1) is 0 Å². The minimum atomic E-state index is -1.04. The lowest BCUT2D eigenvalue weighted by Gasteiger charge is -1.99. The molecule has 0 aliphatic carbocycles. The van der Waals surface area contributed by atoms with Gasteiger partial charge >= 0.3 is 12.1 Å². The van der Waals surface area contributed by atoms with E-state index < -0.39 is 12.1 Å². The van der Waals surface area contributed by atoms with Crippen LogP contribution in [0, 0.1) is 0 Å².